The van der Waals surface area contributed by atoms with Crippen LogP contribution in [0.5, 0.6) is 5.75 Å². The van der Waals surface area contributed by atoms with Gasteiger partial charge in [0.1, 0.15) is 11.4 Å². The van der Waals surface area contributed by atoms with Crippen LogP contribution in [0.3, 0.4) is 0 Å². The summed E-state index contributed by atoms with van der Waals surface area (Å²) in [5.74, 6) is 0.969. The molecule has 116 valence electrons. The first kappa shape index (κ1) is 15.4. The van der Waals surface area contributed by atoms with Crippen molar-refractivity contribution in [3.63, 3.8) is 0 Å². The minimum Gasteiger partial charge on any atom is -0.487 e. The van der Waals surface area contributed by atoms with Gasteiger partial charge in [-0.05, 0) is 42.2 Å². The van der Waals surface area contributed by atoms with Gasteiger partial charge in [-0.25, -0.2) is 0 Å². The summed E-state index contributed by atoms with van der Waals surface area (Å²) in [6.45, 7) is 9.45. The molecule has 2 N–H and O–H groups in total. The Morgan fingerprint density at radius 1 is 1.10 bits per heavy atom. The topological polar surface area (TPSA) is 35.2 Å². The third kappa shape index (κ3) is 3.00. The van der Waals surface area contributed by atoms with Crippen molar-refractivity contribution in [1.82, 2.24) is 0 Å². The normalized spacial score (nSPS) is 28.8. The van der Waals surface area contributed by atoms with Crippen molar-refractivity contribution >= 4 is 15.9 Å². The Labute approximate surface area is 136 Å². The van der Waals surface area contributed by atoms with E-state index in [1.807, 2.05) is 0 Å². The largest absolute Gasteiger partial charge is 0.487 e. The number of hydrogen-bond acceptors (Lipinski definition) is 2. The van der Waals surface area contributed by atoms with Crippen LogP contribution in [0, 0.1) is 10.8 Å². The Bertz CT molecular complexity index is 548. The van der Waals surface area contributed by atoms with Gasteiger partial charge < -0.3 is 10.5 Å². The van der Waals surface area contributed by atoms with Crippen molar-refractivity contribution in [2.45, 2.75) is 65.0 Å². The molecule has 21 heavy (non-hydrogen) atoms. The minimum atomic E-state index is -0.113. The first-order valence-corrected chi connectivity index (χ1v) is 8.63. The van der Waals surface area contributed by atoms with Gasteiger partial charge in [-0.15, -0.1) is 0 Å². The van der Waals surface area contributed by atoms with E-state index in [4.69, 9.17) is 10.5 Å². The lowest BCUT2D eigenvalue weighted by atomic mass is 9.58. The summed E-state index contributed by atoms with van der Waals surface area (Å²) in [4.78, 5) is 0. The smallest absolute Gasteiger partial charge is 0.126 e. The van der Waals surface area contributed by atoms with E-state index in [9.17, 15) is 0 Å². The van der Waals surface area contributed by atoms with Crippen LogP contribution in [0.2, 0.25) is 0 Å². The molecule has 0 saturated heterocycles. The van der Waals surface area contributed by atoms with E-state index in [2.05, 4.69) is 61.8 Å². The Balaban J connectivity index is 2.00. The Hall–Kier alpha value is -0.540. The van der Waals surface area contributed by atoms with Gasteiger partial charge in [0.15, 0.2) is 0 Å². The fourth-order valence-corrected chi connectivity index (χ4v) is 5.47. The van der Waals surface area contributed by atoms with E-state index in [1.54, 1.807) is 0 Å². The molecule has 0 radical (unpaired) electrons. The molecule has 1 fully saturated rings. The summed E-state index contributed by atoms with van der Waals surface area (Å²) >= 11 is 3.55. The molecule has 3 rings (SSSR count). The number of nitrogens with two attached hydrogens (primary N) is 1. The highest BCUT2D eigenvalue weighted by atomic mass is 79.9. The summed E-state index contributed by atoms with van der Waals surface area (Å²) in [5, 5.41) is 0. The number of rotatable bonds is 0. The molecule has 2 nitrogen and oxygen atoms in total. The molecule has 0 bridgehead atoms. The molecule has 1 heterocycles. The lowest BCUT2D eigenvalue weighted by molar-refractivity contribution is -0.0839. The second kappa shape index (κ2) is 4.73. The van der Waals surface area contributed by atoms with Crippen molar-refractivity contribution in [2.75, 3.05) is 0 Å². The molecule has 0 amide bonds. The van der Waals surface area contributed by atoms with Crippen LogP contribution in [0.4, 0.5) is 0 Å². The van der Waals surface area contributed by atoms with Gasteiger partial charge in [-0.3, -0.25) is 0 Å². The lowest BCUT2D eigenvalue weighted by Crippen LogP contribution is -2.52. The quantitative estimate of drug-likeness (QED) is 0.696. The standard InChI is InChI=1S/C18H26BrNO/c1-16(2)9-17(3,4)11-18(10-16)8-14(20)13-6-5-12(19)7-15(13)21-18/h5-7,14H,8-11,20H2,1-4H3/t14-/m0/s1. The molecule has 1 saturated carbocycles. The van der Waals surface area contributed by atoms with Crippen LogP contribution in [-0.4, -0.2) is 5.60 Å². The van der Waals surface area contributed by atoms with Gasteiger partial charge in [0.2, 0.25) is 0 Å². The van der Waals surface area contributed by atoms with Gasteiger partial charge >= 0.3 is 0 Å². The van der Waals surface area contributed by atoms with Crippen molar-refractivity contribution < 1.29 is 4.74 Å². The van der Waals surface area contributed by atoms with Crippen LogP contribution in [0.1, 0.15) is 65.0 Å². The zero-order chi connectivity index (χ0) is 15.5. The summed E-state index contributed by atoms with van der Waals surface area (Å²) in [6, 6.07) is 6.29. The first-order valence-electron chi connectivity index (χ1n) is 7.84. The van der Waals surface area contributed by atoms with E-state index < -0.39 is 0 Å². The molecule has 3 heteroatoms. The molecule has 1 aliphatic heterocycles. The summed E-state index contributed by atoms with van der Waals surface area (Å²) < 4.78 is 7.63. The maximum absolute atomic E-state index is 6.57. The average Bonchev–Trinajstić information content (AvgIpc) is 2.22. The molecular formula is C18H26BrNO. The fraction of sp³-hybridized carbons (Fsp3) is 0.667. The van der Waals surface area contributed by atoms with Crippen LogP contribution in [0.15, 0.2) is 22.7 Å². The summed E-state index contributed by atoms with van der Waals surface area (Å²) in [5.41, 5.74) is 8.11. The summed E-state index contributed by atoms with van der Waals surface area (Å²) in [7, 11) is 0. The van der Waals surface area contributed by atoms with Crippen LogP contribution < -0.4 is 10.5 Å². The predicted molar refractivity (Wildman–Crippen MR) is 90.5 cm³/mol. The van der Waals surface area contributed by atoms with E-state index in [0.717, 1.165) is 35.0 Å². The van der Waals surface area contributed by atoms with E-state index >= 15 is 0 Å². The molecule has 0 aromatic heterocycles. The van der Waals surface area contributed by atoms with Crippen molar-refractivity contribution in [3.8, 4) is 5.75 Å². The zero-order valence-electron chi connectivity index (χ0n) is 13.5. The SMILES string of the molecule is CC1(C)CC(C)(C)CC2(C[C@H](N)c3ccc(Br)cc3O2)C1. The molecule has 2 aliphatic rings. The van der Waals surface area contributed by atoms with Gasteiger partial charge in [-0.1, -0.05) is 49.7 Å². The molecule has 1 spiro atoms. The first-order chi connectivity index (χ1) is 9.60. The second-order valence-corrected chi connectivity index (χ2v) is 9.55. The number of benzene rings is 1. The number of ether oxygens (including phenoxy) is 1. The highest BCUT2D eigenvalue weighted by Crippen LogP contribution is 2.56. The lowest BCUT2D eigenvalue weighted by Gasteiger charge is -2.54. The predicted octanol–water partition coefficient (Wildman–Crippen LogP) is 5.21. The van der Waals surface area contributed by atoms with E-state index in [1.165, 1.54) is 6.42 Å². The molecule has 1 aromatic carbocycles. The number of fused-ring (bicyclic) bond motifs is 1. The molecule has 1 aromatic rings. The van der Waals surface area contributed by atoms with Crippen molar-refractivity contribution in [1.29, 1.82) is 0 Å². The molecule has 1 atom stereocenters. The Kier molecular flexibility index (Phi) is 3.46. The van der Waals surface area contributed by atoms with Gasteiger partial charge in [0, 0.05) is 22.5 Å². The van der Waals surface area contributed by atoms with Gasteiger partial charge in [0.05, 0.1) is 0 Å². The van der Waals surface area contributed by atoms with Crippen molar-refractivity contribution in [2.24, 2.45) is 16.6 Å². The van der Waals surface area contributed by atoms with Crippen LogP contribution in [-0.2, 0) is 0 Å². The third-order valence-corrected chi connectivity index (χ3v) is 5.35. The molecule has 0 unspecified atom stereocenters. The average molecular weight is 352 g/mol. The number of hydrogen-bond donors (Lipinski definition) is 1. The maximum Gasteiger partial charge on any atom is 0.126 e. The van der Waals surface area contributed by atoms with Gasteiger partial charge in [0.25, 0.3) is 0 Å². The highest BCUT2D eigenvalue weighted by molar-refractivity contribution is 9.10. The molecular weight excluding hydrogens is 326 g/mol. The summed E-state index contributed by atoms with van der Waals surface area (Å²) in [6.07, 6.45) is 4.34. The Morgan fingerprint density at radius 3 is 2.33 bits per heavy atom. The van der Waals surface area contributed by atoms with Crippen LogP contribution >= 0.6 is 15.9 Å². The molecule has 1 aliphatic carbocycles. The Morgan fingerprint density at radius 2 is 1.71 bits per heavy atom. The zero-order valence-corrected chi connectivity index (χ0v) is 15.1. The highest BCUT2D eigenvalue weighted by Gasteiger charge is 2.51. The van der Waals surface area contributed by atoms with E-state index in [-0.39, 0.29) is 11.6 Å². The minimum absolute atomic E-state index is 0.0755. The van der Waals surface area contributed by atoms with E-state index in [0.29, 0.717) is 10.8 Å². The third-order valence-electron chi connectivity index (χ3n) is 4.85. The monoisotopic (exact) mass is 351 g/mol. The van der Waals surface area contributed by atoms with Crippen LogP contribution in [0.25, 0.3) is 0 Å². The number of halogens is 1. The second-order valence-electron chi connectivity index (χ2n) is 8.64. The van der Waals surface area contributed by atoms with Gasteiger partial charge in [-0.2, -0.15) is 0 Å². The maximum atomic E-state index is 6.57. The fourth-order valence-electron chi connectivity index (χ4n) is 5.13. The van der Waals surface area contributed by atoms with Crippen molar-refractivity contribution in [3.05, 3.63) is 28.2 Å².